The highest BCUT2D eigenvalue weighted by Crippen LogP contribution is 2.40. The summed E-state index contributed by atoms with van der Waals surface area (Å²) in [5.41, 5.74) is 2.53. The van der Waals surface area contributed by atoms with Crippen molar-refractivity contribution in [1.82, 2.24) is 4.98 Å². The number of carbonyl (C=O) groups excluding carboxylic acids is 1. The third-order valence-electron chi connectivity index (χ3n) is 5.82. The Kier molecular flexibility index (Phi) is 7.39. The van der Waals surface area contributed by atoms with Crippen molar-refractivity contribution in [3.8, 4) is 28.7 Å². The number of rotatable bonds is 9. The van der Waals surface area contributed by atoms with Gasteiger partial charge >= 0.3 is 5.97 Å². The number of ketones is 1. The Labute approximate surface area is 213 Å². The molecule has 8 nitrogen and oxygen atoms in total. The van der Waals surface area contributed by atoms with Crippen LogP contribution >= 0.6 is 0 Å². The summed E-state index contributed by atoms with van der Waals surface area (Å²) in [6.45, 7) is 1.98. The molecule has 0 aliphatic heterocycles. The molecule has 0 saturated carbocycles. The molecule has 8 heteroatoms. The summed E-state index contributed by atoms with van der Waals surface area (Å²) in [6.07, 6.45) is 4.45. The lowest BCUT2D eigenvalue weighted by Gasteiger charge is -2.17. The molecule has 0 aliphatic rings. The molecule has 0 spiro atoms. The van der Waals surface area contributed by atoms with Gasteiger partial charge in [-0.3, -0.25) is 9.78 Å². The van der Waals surface area contributed by atoms with Gasteiger partial charge in [-0.05, 0) is 30.2 Å². The van der Waals surface area contributed by atoms with Crippen molar-refractivity contribution in [2.45, 2.75) is 13.3 Å². The maximum atomic E-state index is 13.7. The Bertz CT molecular complexity index is 1500. The first kappa shape index (κ1) is 25.2. The molecule has 0 aliphatic carbocycles. The second kappa shape index (κ2) is 10.8. The number of carboxylic acid groups (broad SMARTS) is 1. The van der Waals surface area contributed by atoms with E-state index in [1.807, 2.05) is 19.1 Å². The van der Waals surface area contributed by atoms with E-state index in [9.17, 15) is 14.7 Å². The average Bonchev–Trinajstić information content (AvgIpc) is 2.91. The largest absolute Gasteiger partial charge is 0.508 e. The lowest BCUT2D eigenvalue weighted by Crippen LogP contribution is -2.08. The van der Waals surface area contributed by atoms with E-state index in [2.05, 4.69) is 4.98 Å². The number of aromatic hydroxyl groups is 1. The van der Waals surface area contributed by atoms with Crippen LogP contribution < -0.4 is 14.2 Å². The zero-order valence-corrected chi connectivity index (χ0v) is 20.5. The highest BCUT2D eigenvalue weighted by atomic mass is 16.5. The molecule has 4 aromatic rings. The van der Waals surface area contributed by atoms with Crippen LogP contribution in [0.15, 0.2) is 66.9 Å². The van der Waals surface area contributed by atoms with Crippen LogP contribution in [0.2, 0.25) is 0 Å². The maximum Gasteiger partial charge on any atom is 0.328 e. The number of hydrogen-bond acceptors (Lipinski definition) is 7. The molecule has 37 heavy (non-hydrogen) atoms. The number of fused-ring (bicyclic) bond motifs is 1. The predicted octanol–water partition coefficient (Wildman–Crippen LogP) is 5.64. The minimum atomic E-state index is -1.12. The molecule has 188 valence electrons. The van der Waals surface area contributed by atoms with Gasteiger partial charge in [0, 0.05) is 41.4 Å². The van der Waals surface area contributed by atoms with Gasteiger partial charge in [-0.15, -0.1) is 0 Å². The molecule has 0 saturated heterocycles. The Morgan fingerprint density at radius 1 is 0.973 bits per heavy atom. The van der Waals surface area contributed by atoms with E-state index in [1.165, 1.54) is 38.6 Å². The molecule has 1 aromatic heterocycles. The topological polar surface area (TPSA) is 115 Å². The van der Waals surface area contributed by atoms with Crippen molar-refractivity contribution < 1.29 is 34.0 Å². The van der Waals surface area contributed by atoms with Gasteiger partial charge in [0.05, 0.1) is 30.9 Å². The Balaban J connectivity index is 1.90. The molecule has 0 unspecified atom stereocenters. The summed E-state index contributed by atoms with van der Waals surface area (Å²) in [7, 11) is 2.88. The number of aryl methyl sites for hydroxylation is 1. The van der Waals surface area contributed by atoms with Crippen molar-refractivity contribution in [1.29, 1.82) is 0 Å². The summed E-state index contributed by atoms with van der Waals surface area (Å²) in [4.78, 5) is 29.2. The highest BCUT2D eigenvalue weighted by molar-refractivity contribution is 6.14. The zero-order valence-electron chi connectivity index (χ0n) is 20.5. The van der Waals surface area contributed by atoms with Gasteiger partial charge in [0.25, 0.3) is 0 Å². The molecule has 0 fully saturated rings. The van der Waals surface area contributed by atoms with Crippen LogP contribution in [0.5, 0.6) is 28.7 Å². The third kappa shape index (κ3) is 5.23. The fraction of sp³-hybridized carbons (Fsp3) is 0.138. The zero-order chi connectivity index (χ0) is 26.5. The first-order chi connectivity index (χ1) is 17.9. The van der Waals surface area contributed by atoms with Gasteiger partial charge in [-0.25, -0.2) is 4.79 Å². The van der Waals surface area contributed by atoms with E-state index < -0.39 is 5.97 Å². The van der Waals surface area contributed by atoms with E-state index in [0.717, 1.165) is 11.6 Å². The van der Waals surface area contributed by atoms with Crippen LogP contribution in [0, 0.1) is 0 Å². The highest BCUT2D eigenvalue weighted by Gasteiger charge is 2.22. The number of carbonyl (C=O) groups is 2. The molecule has 3 aromatic carbocycles. The van der Waals surface area contributed by atoms with E-state index >= 15 is 0 Å². The van der Waals surface area contributed by atoms with Gasteiger partial charge in [0.15, 0.2) is 5.78 Å². The summed E-state index contributed by atoms with van der Waals surface area (Å²) >= 11 is 0. The lowest BCUT2D eigenvalue weighted by molar-refractivity contribution is -0.131. The number of nitrogens with zero attached hydrogens (tertiary/aromatic N) is 1. The first-order valence-corrected chi connectivity index (χ1v) is 11.5. The van der Waals surface area contributed by atoms with Gasteiger partial charge in [0.2, 0.25) is 0 Å². The number of methoxy groups -OCH3 is 2. The molecular weight excluding hydrogens is 474 g/mol. The summed E-state index contributed by atoms with van der Waals surface area (Å²) in [5, 5.41) is 19.5. The van der Waals surface area contributed by atoms with Crippen molar-refractivity contribution >= 4 is 28.7 Å². The van der Waals surface area contributed by atoms with E-state index in [-0.39, 0.29) is 22.8 Å². The quantitative estimate of drug-likeness (QED) is 0.225. The van der Waals surface area contributed by atoms with Crippen LogP contribution in [0.3, 0.4) is 0 Å². The number of phenols is 1. The number of phenolic OH excluding ortho intramolecular Hbond substituents is 1. The van der Waals surface area contributed by atoms with Crippen LogP contribution in [0.1, 0.15) is 34.0 Å². The molecule has 1 heterocycles. The van der Waals surface area contributed by atoms with Crippen LogP contribution in [-0.4, -0.2) is 41.2 Å². The van der Waals surface area contributed by atoms with E-state index in [0.29, 0.717) is 45.7 Å². The normalized spacial score (nSPS) is 11.0. The van der Waals surface area contributed by atoms with Gasteiger partial charge in [-0.2, -0.15) is 0 Å². The van der Waals surface area contributed by atoms with Crippen molar-refractivity contribution in [3.63, 3.8) is 0 Å². The number of ether oxygens (including phenoxy) is 3. The third-order valence-corrected chi connectivity index (χ3v) is 5.82. The average molecular weight is 500 g/mol. The number of pyridine rings is 1. The second-order valence-corrected chi connectivity index (χ2v) is 8.06. The van der Waals surface area contributed by atoms with Crippen LogP contribution in [0.25, 0.3) is 17.0 Å². The predicted molar refractivity (Wildman–Crippen MR) is 139 cm³/mol. The molecule has 4 rings (SSSR count). The van der Waals surface area contributed by atoms with Crippen LogP contribution in [0.4, 0.5) is 0 Å². The maximum absolute atomic E-state index is 13.7. The Hall–Kier alpha value is -4.85. The van der Waals surface area contributed by atoms with Gasteiger partial charge in [0.1, 0.15) is 28.7 Å². The fourth-order valence-corrected chi connectivity index (χ4v) is 4.03. The van der Waals surface area contributed by atoms with Gasteiger partial charge < -0.3 is 24.4 Å². The number of hydrogen-bond donors (Lipinski definition) is 2. The number of carboxylic acids is 1. The molecule has 0 amide bonds. The number of aromatic nitrogens is 1. The standard InChI is InChI=1S/C29H25NO7/c1-4-17-7-5-6-8-20(17)28(34)23-16-30-24-13-18(31)9-10-21(24)29(23)37-19-14-25(35-2)22(11-12-27(32)33)26(15-19)36-3/h5-16,31H,4H2,1-3H3,(H,32,33)/b12-11+. The minimum absolute atomic E-state index is 0.0271. The second-order valence-electron chi connectivity index (χ2n) is 8.06. The Morgan fingerprint density at radius 3 is 2.32 bits per heavy atom. The summed E-state index contributed by atoms with van der Waals surface area (Å²) in [6, 6.07) is 15.1. The molecular formula is C29H25NO7. The van der Waals surface area contributed by atoms with E-state index in [4.69, 9.17) is 19.3 Å². The van der Waals surface area contributed by atoms with Crippen molar-refractivity contribution in [3.05, 3.63) is 89.1 Å². The van der Waals surface area contributed by atoms with Crippen LogP contribution in [-0.2, 0) is 11.2 Å². The lowest BCUT2D eigenvalue weighted by atomic mass is 9.96. The van der Waals surface area contributed by atoms with Crippen molar-refractivity contribution in [2.75, 3.05) is 14.2 Å². The SMILES string of the molecule is CCc1ccccc1C(=O)c1cnc2cc(O)ccc2c1Oc1cc(OC)c(/C=C/C(=O)O)c(OC)c1. The summed E-state index contributed by atoms with van der Waals surface area (Å²) < 4.78 is 17.2. The molecule has 2 N–H and O–H groups in total. The number of aliphatic carboxylic acids is 1. The minimum Gasteiger partial charge on any atom is -0.508 e. The number of benzene rings is 3. The molecule has 0 bridgehead atoms. The van der Waals surface area contributed by atoms with E-state index in [1.54, 1.807) is 30.3 Å². The monoisotopic (exact) mass is 499 g/mol. The smallest absolute Gasteiger partial charge is 0.328 e. The van der Waals surface area contributed by atoms with Crippen molar-refractivity contribution in [2.24, 2.45) is 0 Å². The van der Waals surface area contributed by atoms with Gasteiger partial charge in [-0.1, -0.05) is 31.2 Å². The Morgan fingerprint density at radius 2 is 1.68 bits per heavy atom. The fourth-order valence-electron chi connectivity index (χ4n) is 4.03. The first-order valence-electron chi connectivity index (χ1n) is 11.5. The molecule has 0 radical (unpaired) electrons. The summed E-state index contributed by atoms with van der Waals surface area (Å²) in [5.74, 6) is -0.182. The molecule has 0 atom stereocenters.